The van der Waals surface area contributed by atoms with Gasteiger partial charge in [-0.3, -0.25) is 4.79 Å². The molecule has 7 heteroatoms. The van der Waals surface area contributed by atoms with Crippen LogP contribution in [-0.4, -0.2) is 26.4 Å². The van der Waals surface area contributed by atoms with Gasteiger partial charge in [0.1, 0.15) is 0 Å². The second kappa shape index (κ2) is 9.06. The molecule has 1 heterocycles. The fourth-order valence-corrected chi connectivity index (χ4v) is 3.76. The molecule has 1 aromatic heterocycles. The fraction of sp³-hybridized carbons (Fsp3) is 0.250. The first kappa shape index (κ1) is 19.5. The highest BCUT2D eigenvalue weighted by Crippen LogP contribution is 2.25. The second-order valence-electron chi connectivity index (χ2n) is 6.08. The summed E-state index contributed by atoms with van der Waals surface area (Å²) in [6.45, 7) is 2.18. The van der Waals surface area contributed by atoms with E-state index in [1.165, 1.54) is 6.42 Å². The van der Waals surface area contributed by atoms with Gasteiger partial charge in [0.15, 0.2) is 11.0 Å². The number of nitrogens with one attached hydrogen (secondary N) is 1. The molecule has 140 valence electrons. The van der Waals surface area contributed by atoms with Gasteiger partial charge in [-0.05, 0) is 42.8 Å². The molecule has 0 radical (unpaired) electrons. The lowest BCUT2D eigenvalue weighted by atomic mass is 10.1. The van der Waals surface area contributed by atoms with Crippen LogP contribution in [0.5, 0.6) is 0 Å². The molecule has 0 saturated carbocycles. The molecular formula is C20H21ClN4OS. The van der Waals surface area contributed by atoms with Crippen LogP contribution in [0.1, 0.15) is 30.1 Å². The van der Waals surface area contributed by atoms with Gasteiger partial charge in [-0.1, -0.05) is 48.8 Å². The molecular weight excluding hydrogens is 380 g/mol. The maximum atomic E-state index is 12.3. The van der Waals surface area contributed by atoms with Gasteiger partial charge in [-0.15, -0.1) is 10.2 Å². The third-order valence-corrected chi connectivity index (χ3v) is 5.52. The SMILES string of the molecule is CCCCSc1nnc(-c2ccc(NC(=O)c3ccccc3Cl)cc2)n1C. The Kier molecular flexibility index (Phi) is 6.53. The first-order valence-corrected chi connectivity index (χ1v) is 10.1. The first-order chi connectivity index (χ1) is 13.1. The van der Waals surface area contributed by atoms with Crippen LogP contribution >= 0.6 is 23.4 Å². The van der Waals surface area contributed by atoms with E-state index in [2.05, 4.69) is 22.4 Å². The third kappa shape index (κ3) is 4.70. The number of anilines is 1. The zero-order valence-corrected chi connectivity index (χ0v) is 16.8. The van der Waals surface area contributed by atoms with E-state index in [0.29, 0.717) is 16.3 Å². The number of thioether (sulfide) groups is 1. The fourth-order valence-electron chi connectivity index (χ4n) is 2.55. The molecule has 1 amide bonds. The highest BCUT2D eigenvalue weighted by atomic mass is 35.5. The Morgan fingerprint density at radius 1 is 1.15 bits per heavy atom. The van der Waals surface area contributed by atoms with E-state index in [9.17, 15) is 4.79 Å². The molecule has 0 unspecified atom stereocenters. The Morgan fingerprint density at radius 2 is 1.89 bits per heavy atom. The van der Waals surface area contributed by atoms with Gasteiger partial charge in [-0.2, -0.15) is 0 Å². The number of nitrogens with zero attached hydrogens (tertiary/aromatic N) is 3. The lowest BCUT2D eigenvalue weighted by Crippen LogP contribution is -2.12. The number of benzene rings is 2. The van der Waals surface area contributed by atoms with E-state index in [1.54, 1.807) is 36.0 Å². The van der Waals surface area contributed by atoms with Crippen LogP contribution in [0.3, 0.4) is 0 Å². The van der Waals surface area contributed by atoms with Gasteiger partial charge in [-0.25, -0.2) is 0 Å². The van der Waals surface area contributed by atoms with Crippen molar-refractivity contribution in [3.63, 3.8) is 0 Å². The Balaban J connectivity index is 1.70. The van der Waals surface area contributed by atoms with E-state index >= 15 is 0 Å². The van der Waals surface area contributed by atoms with Crippen molar-refractivity contribution in [2.75, 3.05) is 11.1 Å². The summed E-state index contributed by atoms with van der Waals surface area (Å²) in [5, 5.41) is 12.8. The monoisotopic (exact) mass is 400 g/mol. The number of aromatic nitrogens is 3. The molecule has 1 N–H and O–H groups in total. The van der Waals surface area contributed by atoms with Crippen LogP contribution in [0.2, 0.25) is 5.02 Å². The number of halogens is 1. The summed E-state index contributed by atoms with van der Waals surface area (Å²) in [7, 11) is 1.97. The van der Waals surface area contributed by atoms with Gasteiger partial charge >= 0.3 is 0 Å². The van der Waals surface area contributed by atoms with E-state index in [1.807, 2.05) is 35.9 Å². The Bertz CT molecular complexity index is 924. The van der Waals surface area contributed by atoms with Crippen LogP contribution in [0.4, 0.5) is 5.69 Å². The molecule has 0 saturated heterocycles. The number of hydrogen-bond donors (Lipinski definition) is 1. The quantitative estimate of drug-likeness (QED) is 0.433. The number of hydrogen-bond acceptors (Lipinski definition) is 4. The van der Waals surface area contributed by atoms with Crippen LogP contribution < -0.4 is 5.32 Å². The first-order valence-electron chi connectivity index (χ1n) is 8.78. The van der Waals surface area contributed by atoms with Crippen LogP contribution in [0.15, 0.2) is 53.7 Å². The van der Waals surface area contributed by atoms with Crippen LogP contribution in [0.25, 0.3) is 11.4 Å². The standard InChI is InChI=1S/C20H21ClN4OS/c1-3-4-13-27-20-24-23-18(25(20)2)14-9-11-15(12-10-14)22-19(26)16-7-5-6-8-17(16)21/h5-12H,3-4,13H2,1-2H3,(H,22,26). The predicted molar refractivity (Wildman–Crippen MR) is 111 cm³/mol. The molecule has 3 aromatic rings. The highest BCUT2D eigenvalue weighted by molar-refractivity contribution is 7.99. The van der Waals surface area contributed by atoms with Crippen molar-refractivity contribution < 1.29 is 4.79 Å². The van der Waals surface area contributed by atoms with Crippen LogP contribution in [0, 0.1) is 0 Å². The number of carbonyl (C=O) groups is 1. The summed E-state index contributed by atoms with van der Waals surface area (Å²) in [6, 6.07) is 14.5. The summed E-state index contributed by atoms with van der Waals surface area (Å²) in [5.74, 6) is 1.61. The summed E-state index contributed by atoms with van der Waals surface area (Å²) < 4.78 is 2.00. The van der Waals surface area contributed by atoms with Crippen molar-refractivity contribution >= 4 is 35.0 Å². The zero-order valence-electron chi connectivity index (χ0n) is 15.3. The molecule has 0 fully saturated rings. The summed E-state index contributed by atoms with van der Waals surface area (Å²) in [4.78, 5) is 12.3. The van der Waals surface area contributed by atoms with E-state index in [0.717, 1.165) is 28.7 Å². The minimum Gasteiger partial charge on any atom is -0.322 e. The summed E-state index contributed by atoms with van der Waals surface area (Å²) in [5.41, 5.74) is 2.09. The minimum absolute atomic E-state index is 0.235. The summed E-state index contributed by atoms with van der Waals surface area (Å²) >= 11 is 7.79. The van der Waals surface area contributed by atoms with E-state index in [-0.39, 0.29) is 5.91 Å². The lowest BCUT2D eigenvalue weighted by Gasteiger charge is -2.08. The van der Waals surface area contributed by atoms with E-state index in [4.69, 9.17) is 11.6 Å². The lowest BCUT2D eigenvalue weighted by molar-refractivity contribution is 0.102. The second-order valence-corrected chi connectivity index (χ2v) is 7.55. The minimum atomic E-state index is -0.235. The van der Waals surface area contributed by atoms with Gasteiger partial charge < -0.3 is 9.88 Å². The Labute approximate surface area is 168 Å². The zero-order chi connectivity index (χ0) is 19.2. The van der Waals surface area contributed by atoms with Gasteiger partial charge in [0.25, 0.3) is 5.91 Å². The van der Waals surface area contributed by atoms with Crippen LogP contribution in [-0.2, 0) is 7.05 Å². The maximum absolute atomic E-state index is 12.3. The van der Waals surface area contributed by atoms with Crippen molar-refractivity contribution in [2.24, 2.45) is 7.05 Å². The smallest absolute Gasteiger partial charge is 0.257 e. The maximum Gasteiger partial charge on any atom is 0.257 e. The molecule has 0 aliphatic heterocycles. The molecule has 0 atom stereocenters. The van der Waals surface area contributed by atoms with Crippen molar-refractivity contribution in [3.05, 3.63) is 59.1 Å². The normalized spacial score (nSPS) is 10.8. The predicted octanol–water partition coefficient (Wildman–Crippen LogP) is 5.28. The topological polar surface area (TPSA) is 59.8 Å². The van der Waals surface area contributed by atoms with Crippen molar-refractivity contribution in [3.8, 4) is 11.4 Å². The number of rotatable bonds is 7. The highest BCUT2D eigenvalue weighted by Gasteiger charge is 2.12. The summed E-state index contributed by atoms with van der Waals surface area (Å²) in [6.07, 6.45) is 2.33. The Morgan fingerprint density at radius 3 is 2.59 bits per heavy atom. The van der Waals surface area contributed by atoms with Gasteiger partial charge in [0.05, 0.1) is 10.6 Å². The van der Waals surface area contributed by atoms with Gasteiger partial charge in [0, 0.05) is 24.1 Å². The third-order valence-electron chi connectivity index (χ3n) is 4.08. The molecule has 0 spiro atoms. The van der Waals surface area contributed by atoms with E-state index < -0.39 is 0 Å². The molecule has 3 rings (SSSR count). The van der Waals surface area contributed by atoms with Crippen molar-refractivity contribution in [1.82, 2.24) is 14.8 Å². The average Bonchev–Trinajstić information content (AvgIpc) is 3.03. The Hall–Kier alpha value is -2.31. The molecule has 2 aromatic carbocycles. The number of unbranched alkanes of at least 4 members (excludes halogenated alkanes) is 1. The van der Waals surface area contributed by atoms with Crippen molar-refractivity contribution in [2.45, 2.75) is 24.9 Å². The van der Waals surface area contributed by atoms with Crippen molar-refractivity contribution in [1.29, 1.82) is 0 Å². The number of carbonyl (C=O) groups excluding carboxylic acids is 1. The largest absolute Gasteiger partial charge is 0.322 e. The molecule has 5 nitrogen and oxygen atoms in total. The average molecular weight is 401 g/mol. The molecule has 0 bridgehead atoms. The molecule has 0 aliphatic rings. The molecule has 0 aliphatic carbocycles. The number of amides is 1. The molecule has 27 heavy (non-hydrogen) atoms. The van der Waals surface area contributed by atoms with Gasteiger partial charge in [0.2, 0.25) is 0 Å².